The van der Waals surface area contributed by atoms with Gasteiger partial charge in [0, 0.05) is 12.6 Å². The fourth-order valence-corrected chi connectivity index (χ4v) is 3.09. The van der Waals surface area contributed by atoms with Crippen LogP contribution in [-0.4, -0.2) is 19.2 Å². The average molecular weight is 289 g/mol. The molecule has 0 heterocycles. The Morgan fingerprint density at radius 1 is 1.19 bits per heavy atom. The van der Waals surface area contributed by atoms with Crippen molar-refractivity contribution < 1.29 is 4.74 Å². The van der Waals surface area contributed by atoms with Gasteiger partial charge in [0.15, 0.2) is 0 Å². The number of hydrogen-bond acceptors (Lipinski definition) is 2. The molecule has 2 heteroatoms. The quantitative estimate of drug-likeness (QED) is 0.804. The Hall–Kier alpha value is -1.02. The van der Waals surface area contributed by atoms with Gasteiger partial charge in [0.1, 0.15) is 12.4 Å². The van der Waals surface area contributed by atoms with Gasteiger partial charge < -0.3 is 10.1 Å². The van der Waals surface area contributed by atoms with Crippen molar-refractivity contribution in [2.75, 3.05) is 13.2 Å². The third-order valence-electron chi connectivity index (χ3n) is 4.59. The van der Waals surface area contributed by atoms with Crippen LogP contribution in [0.2, 0.25) is 0 Å². The highest BCUT2D eigenvalue weighted by atomic mass is 16.5. The van der Waals surface area contributed by atoms with E-state index in [0.29, 0.717) is 6.04 Å². The zero-order valence-corrected chi connectivity index (χ0v) is 14.1. The van der Waals surface area contributed by atoms with Crippen LogP contribution in [0.25, 0.3) is 0 Å². The molecule has 118 valence electrons. The first-order chi connectivity index (χ1) is 9.97. The summed E-state index contributed by atoms with van der Waals surface area (Å²) in [4.78, 5) is 0. The minimum absolute atomic E-state index is 0.176. The highest BCUT2D eigenvalue weighted by Gasteiger charge is 2.20. The van der Waals surface area contributed by atoms with Crippen molar-refractivity contribution in [2.45, 2.75) is 64.8 Å². The second kappa shape index (κ2) is 7.31. The lowest BCUT2D eigenvalue weighted by Gasteiger charge is -2.29. The second-order valence-electron chi connectivity index (χ2n) is 7.45. The lowest BCUT2D eigenvalue weighted by Crippen LogP contribution is -2.39. The molecule has 0 aliphatic heterocycles. The van der Waals surface area contributed by atoms with Crippen molar-refractivity contribution in [2.24, 2.45) is 5.92 Å². The maximum Gasteiger partial charge on any atom is 0.119 e. The zero-order chi connectivity index (χ0) is 15.3. The van der Waals surface area contributed by atoms with Crippen LogP contribution < -0.4 is 10.1 Å². The van der Waals surface area contributed by atoms with Crippen LogP contribution in [-0.2, 0) is 5.41 Å². The SMILES string of the molecule is CC1CCCCC1NCCOc1cccc(C(C)(C)C)c1. The van der Waals surface area contributed by atoms with Crippen LogP contribution in [0.4, 0.5) is 0 Å². The fourth-order valence-electron chi connectivity index (χ4n) is 3.09. The van der Waals surface area contributed by atoms with E-state index in [0.717, 1.165) is 24.8 Å². The zero-order valence-electron chi connectivity index (χ0n) is 14.1. The third-order valence-corrected chi connectivity index (χ3v) is 4.59. The van der Waals surface area contributed by atoms with Crippen molar-refractivity contribution in [3.8, 4) is 5.75 Å². The lowest BCUT2D eigenvalue weighted by atomic mass is 9.86. The summed E-state index contributed by atoms with van der Waals surface area (Å²) in [5, 5.41) is 3.66. The summed E-state index contributed by atoms with van der Waals surface area (Å²) in [6.45, 7) is 10.8. The molecule has 2 rings (SSSR count). The van der Waals surface area contributed by atoms with Gasteiger partial charge in [-0.15, -0.1) is 0 Å². The maximum atomic E-state index is 5.91. The Bertz CT molecular complexity index is 435. The molecule has 2 unspecified atom stereocenters. The lowest BCUT2D eigenvalue weighted by molar-refractivity contribution is 0.251. The van der Waals surface area contributed by atoms with Crippen molar-refractivity contribution >= 4 is 0 Å². The Balaban J connectivity index is 1.76. The standard InChI is InChI=1S/C19H31NO/c1-15-8-5-6-11-18(15)20-12-13-21-17-10-7-9-16(14-17)19(2,3)4/h7,9-10,14-15,18,20H,5-6,8,11-13H2,1-4H3. The summed E-state index contributed by atoms with van der Waals surface area (Å²) in [6.07, 6.45) is 5.46. The number of rotatable bonds is 5. The summed E-state index contributed by atoms with van der Waals surface area (Å²) in [6, 6.07) is 9.17. The molecule has 0 spiro atoms. The van der Waals surface area contributed by atoms with Gasteiger partial charge in [0.05, 0.1) is 0 Å². The summed E-state index contributed by atoms with van der Waals surface area (Å²) in [5.74, 6) is 1.80. The van der Waals surface area contributed by atoms with Gasteiger partial charge in [-0.1, -0.05) is 52.7 Å². The van der Waals surface area contributed by atoms with Crippen LogP contribution in [0.3, 0.4) is 0 Å². The van der Waals surface area contributed by atoms with Crippen molar-refractivity contribution in [1.82, 2.24) is 5.32 Å². The molecule has 1 aliphatic carbocycles. The molecule has 0 aromatic heterocycles. The van der Waals surface area contributed by atoms with Gasteiger partial charge >= 0.3 is 0 Å². The summed E-state index contributed by atoms with van der Waals surface area (Å²) < 4.78 is 5.91. The molecule has 0 radical (unpaired) electrons. The number of ether oxygens (including phenoxy) is 1. The summed E-state index contributed by atoms with van der Waals surface area (Å²) in [7, 11) is 0. The average Bonchev–Trinajstić information content (AvgIpc) is 2.45. The van der Waals surface area contributed by atoms with E-state index in [9.17, 15) is 0 Å². The largest absolute Gasteiger partial charge is 0.492 e. The Morgan fingerprint density at radius 2 is 1.95 bits per heavy atom. The summed E-state index contributed by atoms with van der Waals surface area (Å²) in [5.41, 5.74) is 1.50. The van der Waals surface area contributed by atoms with Gasteiger partial charge in [0.25, 0.3) is 0 Å². The van der Waals surface area contributed by atoms with E-state index in [2.05, 4.69) is 57.3 Å². The predicted molar refractivity (Wildman–Crippen MR) is 90.1 cm³/mol. The molecule has 1 fully saturated rings. The molecule has 21 heavy (non-hydrogen) atoms. The number of hydrogen-bond donors (Lipinski definition) is 1. The highest BCUT2D eigenvalue weighted by molar-refractivity contribution is 5.32. The molecular formula is C19H31NO. The van der Waals surface area contributed by atoms with Crippen LogP contribution >= 0.6 is 0 Å². The molecule has 1 aliphatic rings. The maximum absolute atomic E-state index is 5.91. The molecule has 1 saturated carbocycles. The first-order valence-electron chi connectivity index (χ1n) is 8.43. The van der Waals surface area contributed by atoms with E-state index < -0.39 is 0 Å². The molecule has 1 aromatic rings. The monoisotopic (exact) mass is 289 g/mol. The van der Waals surface area contributed by atoms with E-state index in [4.69, 9.17) is 4.74 Å². The van der Waals surface area contributed by atoms with Gasteiger partial charge in [0.2, 0.25) is 0 Å². The van der Waals surface area contributed by atoms with Gasteiger partial charge in [-0.05, 0) is 41.9 Å². The van der Waals surface area contributed by atoms with Gasteiger partial charge in [-0.25, -0.2) is 0 Å². The van der Waals surface area contributed by atoms with E-state index in [1.54, 1.807) is 0 Å². The first kappa shape index (κ1) is 16.4. The van der Waals surface area contributed by atoms with Crippen LogP contribution in [0, 0.1) is 5.92 Å². The molecule has 1 N–H and O–H groups in total. The van der Waals surface area contributed by atoms with E-state index in [1.807, 2.05) is 0 Å². The number of nitrogens with one attached hydrogen (secondary N) is 1. The van der Waals surface area contributed by atoms with E-state index in [-0.39, 0.29) is 5.41 Å². The molecule has 1 aromatic carbocycles. The Kier molecular flexibility index (Phi) is 5.69. The smallest absolute Gasteiger partial charge is 0.119 e. The van der Waals surface area contributed by atoms with Crippen molar-refractivity contribution in [3.63, 3.8) is 0 Å². The topological polar surface area (TPSA) is 21.3 Å². The van der Waals surface area contributed by atoms with Crippen molar-refractivity contribution in [1.29, 1.82) is 0 Å². The molecular weight excluding hydrogens is 258 g/mol. The van der Waals surface area contributed by atoms with Crippen LogP contribution in [0.15, 0.2) is 24.3 Å². The minimum Gasteiger partial charge on any atom is -0.492 e. The first-order valence-corrected chi connectivity index (χ1v) is 8.43. The van der Waals surface area contributed by atoms with Gasteiger partial charge in [-0.2, -0.15) is 0 Å². The molecule has 0 saturated heterocycles. The summed E-state index contributed by atoms with van der Waals surface area (Å²) >= 11 is 0. The molecule has 2 atom stereocenters. The second-order valence-corrected chi connectivity index (χ2v) is 7.45. The predicted octanol–water partition coefficient (Wildman–Crippen LogP) is 4.53. The normalized spacial score (nSPS) is 23.0. The van der Waals surface area contributed by atoms with Crippen LogP contribution in [0.1, 0.15) is 58.9 Å². The minimum atomic E-state index is 0.176. The Morgan fingerprint density at radius 3 is 2.67 bits per heavy atom. The fraction of sp³-hybridized carbons (Fsp3) is 0.684. The number of benzene rings is 1. The Labute approximate surface area is 130 Å². The molecule has 0 bridgehead atoms. The third kappa shape index (κ3) is 5.03. The molecule has 0 amide bonds. The van der Waals surface area contributed by atoms with Crippen LogP contribution in [0.5, 0.6) is 5.75 Å². The van der Waals surface area contributed by atoms with Gasteiger partial charge in [-0.3, -0.25) is 0 Å². The molecule has 2 nitrogen and oxygen atoms in total. The van der Waals surface area contributed by atoms with E-state index in [1.165, 1.54) is 31.2 Å². The van der Waals surface area contributed by atoms with Crippen molar-refractivity contribution in [3.05, 3.63) is 29.8 Å². The highest BCUT2D eigenvalue weighted by Crippen LogP contribution is 2.26. The van der Waals surface area contributed by atoms with E-state index >= 15 is 0 Å².